The maximum atomic E-state index is 11.9. The van der Waals surface area contributed by atoms with E-state index >= 15 is 0 Å². The summed E-state index contributed by atoms with van der Waals surface area (Å²) in [6, 6.07) is 3.45. The molecule has 0 aliphatic heterocycles. The van der Waals surface area contributed by atoms with Crippen molar-refractivity contribution in [2.75, 3.05) is 25.2 Å². The van der Waals surface area contributed by atoms with Crippen LogP contribution in [0.15, 0.2) is 12.1 Å². The van der Waals surface area contributed by atoms with Gasteiger partial charge in [0.1, 0.15) is 0 Å². The number of carbonyl (C=O) groups is 1. The molecule has 0 amide bonds. The van der Waals surface area contributed by atoms with E-state index in [0.717, 1.165) is 0 Å². The topological polar surface area (TPSA) is 44.8 Å². The fourth-order valence-electron chi connectivity index (χ4n) is 1.67. The van der Waals surface area contributed by atoms with Crippen LogP contribution >= 0.6 is 15.9 Å². The van der Waals surface area contributed by atoms with E-state index in [1.807, 2.05) is 20.8 Å². The van der Waals surface area contributed by atoms with Crippen molar-refractivity contribution in [2.24, 2.45) is 0 Å². The molecule has 1 aromatic rings. The smallest absolute Gasteiger partial charge is 0.204 e. The van der Waals surface area contributed by atoms with Gasteiger partial charge in [0.15, 0.2) is 17.3 Å². The molecule has 0 radical (unpaired) electrons. The lowest BCUT2D eigenvalue weighted by Crippen LogP contribution is -2.09. The first kappa shape index (κ1) is 15.8. The first-order valence-corrected chi connectivity index (χ1v) is 7.46. The predicted octanol–water partition coefficient (Wildman–Crippen LogP) is 3.46. The molecule has 106 valence electrons. The van der Waals surface area contributed by atoms with Gasteiger partial charge in [0.2, 0.25) is 5.75 Å². The highest BCUT2D eigenvalue weighted by molar-refractivity contribution is 9.09. The van der Waals surface area contributed by atoms with Crippen LogP contribution in [0.3, 0.4) is 0 Å². The zero-order chi connectivity index (χ0) is 14.3. The SMILES string of the molecule is CCOc1ccc(C(=O)CBr)c(OCC)c1OCC. The zero-order valence-electron chi connectivity index (χ0n) is 11.5. The molecule has 0 unspecified atom stereocenters. The molecular formula is C14H19BrO4. The molecule has 0 aromatic heterocycles. The van der Waals surface area contributed by atoms with Crippen LogP contribution in [0.4, 0.5) is 0 Å². The van der Waals surface area contributed by atoms with Gasteiger partial charge in [-0.25, -0.2) is 0 Å². The summed E-state index contributed by atoms with van der Waals surface area (Å²) in [6.45, 7) is 7.10. The van der Waals surface area contributed by atoms with Gasteiger partial charge in [0.25, 0.3) is 0 Å². The largest absolute Gasteiger partial charge is 0.490 e. The quantitative estimate of drug-likeness (QED) is 0.541. The highest BCUT2D eigenvalue weighted by atomic mass is 79.9. The molecule has 1 rings (SSSR count). The summed E-state index contributed by atoms with van der Waals surface area (Å²) in [6.07, 6.45) is 0. The Morgan fingerprint density at radius 1 is 1.00 bits per heavy atom. The number of benzene rings is 1. The van der Waals surface area contributed by atoms with Gasteiger partial charge in [0, 0.05) is 0 Å². The third-order valence-electron chi connectivity index (χ3n) is 2.37. The average molecular weight is 331 g/mol. The van der Waals surface area contributed by atoms with E-state index in [9.17, 15) is 4.79 Å². The number of rotatable bonds is 8. The molecule has 0 aliphatic rings. The van der Waals surface area contributed by atoms with Crippen LogP contribution in [-0.4, -0.2) is 30.9 Å². The van der Waals surface area contributed by atoms with E-state index in [0.29, 0.717) is 42.6 Å². The molecule has 0 saturated heterocycles. The number of ether oxygens (including phenoxy) is 3. The van der Waals surface area contributed by atoms with Gasteiger partial charge >= 0.3 is 0 Å². The number of alkyl halides is 1. The minimum Gasteiger partial charge on any atom is -0.490 e. The fourth-order valence-corrected chi connectivity index (χ4v) is 1.98. The number of ketones is 1. The number of halogens is 1. The zero-order valence-corrected chi connectivity index (χ0v) is 13.1. The molecule has 19 heavy (non-hydrogen) atoms. The van der Waals surface area contributed by atoms with Crippen molar-refractivity contribution < 1.29 is 19.0 Å². The highest BCUT2D eigenvalue weighted by Crippen LogP contribution is 2.40. The average Bonchev–Trinajstić information content (AvgIpc) is 2.42. The Labute approximate surface area is 122 Å². The van der Waals surface area contributed by atoms with Crippen molar-refractivity contribution in [1.29, 1.82) is 0 Å². The summed E-state index contributed by atoms with van der Waals surface area (Å²) in [5, 5.41) is 0.243. The molecule has 0 N–H and O–H groups in total. The molecule has 0 saturated carbocycles. The van der Waals surface area contributed by atoms with E-state index < -0.39 is 0 Å². The summed E-state index contributed by atoms with van der Waals surface area (Å²) in [5.74, 6) is 1.50. The van der Waals surface area contributed by atoms with Gasteiger partial charge in [-0.15, -0.1) is 0 Å². The number of hydrogen-bond acceptors (Lipinski definition) is 4. The van der Waals surface area contributed by atoms with Gasteiger partial charge in [-0.1, -0.05) is 15.9 Å². The van der Waals surface area contributed by atoms with Crippen molar-refractivity contribution >= 4 is 21.7 Å². The predicted molar refractivity (Wildman–Crippen MR) is 78.1 cm³/mol. The second-order valence-electron chi connectivity index (χ2n) is 3.63. The van der Waals surface area contributed by atoms with Crippen LogP contribution < -0.4 is 14.2 Å². The Hall–Kier alpha value is -1.23. The van der Waals surface area contributed by atoms with Crippen molar-refractivity contribution in [3.05, 3.63) is 17.7 Å². The number of carbonyl (C=O) groups excluding carboxylic acids is 1. The maximum absolute atomic E-state index is 11.9. The molecule has 4 nitrogen and oxygen atoms in total. The standard InChI is InChI=1S/C14H19BrO4/c1-4-17-12-8-7-10(11(16)9-15)13(18-5-2)14(12)19-6-3/h7-8H,4-6,9H2,1-3H3. The second-order valence-corrected chi connectivity index (χ2v) is 4.19. The van der Waals surface area contributed by atoms with Gasteiger partial charge < -0.3 is 14.2 Å². The third kappa shape index (κ3) is 3.86. The maximum Gasteiger partial charge on any atom is 0.204 e. The lowest BCUT2D eigenvalue weighted by Gasteiger charge is -2.17. The van der Waals surface area contributed by atoms with Crippen LogP contribution in [0.1, 0.15) is 31.1 Å². The van der Waals surface area contributed by atoms with Gasteiger partial charge in [-0.3, -0.25) is 4.79 Å². The highest BCUT2D eigenvalue weighted by Gasteiger charge is 2.20. The van der Waals surface area contributed by atoms with Crippen LogP contribution in [0.25, 0.3) is 0 Å². The van der Waals surface area contributed by atoms with Gasteiger partial charge in [0.05, 0.1) is 30.7 Å². The van der Waals surface area contributed by atoms with E-state index in [1.54, 1.807) is 12.1 Å². The lowest BCUT2D eigenvalue weighted by molar-refractivity contribution is 0.101. The Bertz CT molecular complexity index is 432. The third-order valence-corrected chi connectivity index (χ3v) is 2.88. The molecule has 5 heteroatoms. The Kier molecular flexibility index (Phi) is 6.70. The van der Waals surface area contributed by atoms with E-state index in [1.165, 1.54) is 0 Å². The normalized spacial score (nSPS) is 10.1. The fraction of sp³-hybridized carbons (Fsp3) is 0.500. The monoisotopic (exact) mass is 330 g/mol. The molecule has 0 fully saturated rings. The molecule has 0 atom stereocenters. The Morgan fingerprint density at radius 2 is 1.58 bits per heavy atom. The second kappa shape index (κ2) is 8.04. The summed E-state index contributed by atoms with van der Waals surface area (Å²) < 4.78 is 16.7. The summed E-state index contributed by atoms with van der Waals surface area (Å²) in [4.78, 5) is 11.9. The van der Waals surface area contributed by atoms with Gasteiger partial charge in [-0.2, -0.15) is 0 Å². The number of hydrogen-bond donors (Lipinski definition) is 0. The molecule has 1 aromatic carbocycles. The van der Waals surface area contributed by atoms with Crippen LogP contribution in [-0.2, 0) is 0 Å². The van der Waals surface area contributed by atoms with E-state index in [2.05, 4.69) is 15.9 Å². The van der Waals surface area contributed by atoms with Crippen molar-refractivity contribution in [3.8, 4) is 17.2 Å². The molecular weight excluding hydrogens is 312 g/mol. The molecule has 0 spiro atoms. The van der Waals surface area contributed by atoms with Crippen molar-refractivity contribution in [2.45, 2.75) is 20.8 Å². The molecule has 0 bridgehead atoms. The van der Waals surface area contributed by atoms with E-state index in [4.69, 9.17) is 14.2 Å². The first-order valence-electron chi connectivity index (χ1n) is 6.34. The summed E-state index contributed by atoms with van der Waals surface area (Å²) in [5.41, 5.74) is 0.505. The molecule has 0 heterocycles. The van der Waals surface area contributed by atoms with Crippen molar-refractivity contribution in [1.82, 2.24) is 0 Å². The minimum atomic E-state index is -0.0487. The minimum absolute atomic E-state index is 0.0487. The van der Waals surface area contributed by atoms with Crippen LogP contribution in [0, 0.1) is 0 Å². The van der Waals surface area contributed by atoms with Crippen LogP contribution in [0.5, 0.6) is 17.2 Å². The lowest BCUT2D eigenvalue weighted by atomic mass is 10.1. The van der Waals surface area contributed by atoms with E-state index in [-0.39, 0.29) is 11.1 Å². The first-order chi connectivity index (χ1) is 9.19. The van der Waals surface area contributed by atoms with Gasteiger partial charge in [-0.05, 0) is 32.9 Å². The number of Topliss-reactive ketones (excluding diaryl/α,β-unsaturated/α-hetero) is 1. The summed E-state index contributed by atoms with van der Waals surface area (Å²) in [7, 11) is 0. The Morgan fingerprint density at radius 3 is 2.11 bits per heavy atom. The summed E-state index contributed by atoms with van der Waals surface area (Å²) >= 11 is 3.17. The van der Waals surface area contributed by atoms with Crippen molar-refractivity contribution in [3.63, 3.8) is 0 Å². The Balaban J connectivity index is 3.34. The van der Waals surface area contributed by atoms with Crippen LogP contribution in [0.2, 0.25) is 0 Å². The molecule has 0 aliphatic carbocycles.